The molecule has 1 heterocycles. The van der Waals surface area contributed by atoms with Crippen molar-refractivity contribution in [2.24, 2.45) is 0 Å². The van der Waals surface area contributed by atoms with Crippen LogP contribution < -0.4 is 14.8 Å². The van der Waals surface area contributed by atoms with Crippen LogP contribution in [0.3, 0.4) is 0 Å². The number of sulfonamides is 1. The molecule has 1 aliphatic rings. The Morgan fingerprint density at radius 3 is 2.90 bits per heavy atom. The van der Waals surface area contributed by atoms with Crippen LogP contribution in [0.2, 0.25) is 0 Å². The maximum absolute atomic E-state index is 13.3. The Labute approximate surface area is 118 Å². The molecule has 0 radical (unpaired) electrons. The summed E-state index contributed by atoms with van der Waals surface area (Å²) < 4.78 is 44.7. The topological polar surface area (TPSA) is 67.4 Å². The maximum Gasteiger partial charge on any atom is 0.234 e. The van der Waals surface area contributed by atoms with Crippen LogP contribution in [0.25, 0.3) is 0 Å². The molecule has 20 heavy (non-hydrogen) atoms. The van der Waals surface area contributed by atoms with Gasteiger partial charge in [-0.25, -0.2) is 12.8 Å². The fraction of sp³-hybridized carbons (Fsp3) is 0.538. The molecule has 1 fully saturated rings. The van der Waals surface area contributed by atoms with Gasteiger partial charge < -0.3 is 10.1 Å². The second kappa shape index (κ2) is 6.41. The van der Waals surface area contributed by atoms with Crippen molar-refractivity contribution >= 4 is 15.7 Å². The minimum absolute atomic E-state index is 0.0148. The standard InChI is InChI=1S/C13H19FN2O3S/c1-19-13-8-10(5-6-12(13)14)16-20(17,18)9-11-4-2-3-7-15-11/h5-6,8,11,15-16H,2-4,7,9H2,1H3. The molecule has 0 aliphatic carbocycles. The van der Waals surface area contributed by atoms with Gasteiger partial charge in [0.15, 0.2) is 11.6 Å². The van der Waals surface area contributed by atoms with Gasteiger partial charge in [0.1, 0.15) is 0 Å². The number of piperidine rings is 1. The number of hydrogen-bond acceptors (Lipinski definition) is 4. The summed E-state index contributed by atoms with van der Waals surface area (Å²) >= 11 is 0. The third-order valence-electron chi connectivity index (χ3n) is 3.26. The lowest BCUT2D eigenvalue weighted by Gasteiger charge is -2.23. The Balaban J connectivity index is 2.03. The molecular formula is C13H19FN2O3S. The molecule has 0 saturated carbocycles. The van der Waals surface area contributed by atoms with Gasteiger partial charge in [-0.1, -0.05) is 6.42 Å². The molecule has 1 aliphatic heterocycles. The molecule has 2 rings (SSSR count). The van der Waals surface area contributed by atoms with E-state index in [-0.39, 0.29) is 17.5 Å². The quantitative estimate of drug-likeness (QED) is 0.869. The van der Waals surface area contributed by atoms with Crippen molar-refractivity contribution < 1.29 is 17.5 Å². The van der Waals surface area contributed by atoms with Gasteiger partial charge in [0.2, 0.25) is 10.0 Å². The summed E-state index contributed by atoms with van der Waals surface area (Å²) in [5.74, 6) is -0.488. The zero-order valence-electron chi connectivity index (χ0n) is 11.4. The van der Waals surface area contributed by atoms with Gasteiger partial charge in [0.05, 0.1) is 18.6 Å². The van der Waals surface area contributed by atoms with E-state index in [1.807, 2.05) is 0 Å². The summed E-state index contributed by atoms with van der Waals surface area (Å²) in [5.41, 5.74) is 0.305. The van der Waals surface area contributed by atoms with Crippen molar-refractivity contribution in [3.05, 3.63) is 24.0 Å². The summed E-state index contributed by atoms with van der Waals surface area (Å²) in [5, 5.41) is 3.19. The fourth-order valence-corrected chi connectivity index (χ4v) is 3.66. The molecule has 0 amide bonds. The van der Waals surface area contributed by atoms with Crippen LogP contribution in [-0.2, 0) is 10.0 Å². The molecule has 1 aromatic carbocycles. The molecular weight excluding hydrogens is 283 g/mol. The molecule has 1 saturated heterocycles. The fourth-order valence-electron chi connectivity index (χ4n) is 2.28. The number of ether oxygens (including phenoxy) is 1. The van der Waals surface area contributed by atoms with Gasteiger partial charge in [-0.3, -0.25) is 4.72 Å². The van der Waals surface area contributed by atoms with E-state index in [1.54, 1.807) is 0 Å². The Kier molecular flexibility index (Phi) is 4.82. The van der Waals surface area contributed by atoms with Crippen LogP contribution in [0, 0.1) is 5.82 Å². The summed E-state index contributed by atoms with van der Waals surface area (Å²) in [4.78, 5) is 0. The van der Waals surface area contributed by atoms with Crippen LogP contribution in [0.15, 0.2) is 18.2 Å². The minimum Gasteiger partial charge on any atom is -0.494 e. The zero-order chi connectivity index (χ0) is 14.6. The summed E-state index contributed by atoms with van der Waals surface area (Å²) in [7, 11) is -2.13. The van der Waals surface area contributed by atoms with Crippen molar-refractivity contribution in [3.8, 4) is 5.75 Å². The van der Waals surface area contributed by atoms with Gasteiger partial charge >= 0.3 is 0 Å². The second-order valence-corrected chi connectivity index (χ2v) is 6.65. The lowest BCUT2D eigenvalue weighted by Crippen LogP contribution is -2.40. The molecule has 1 unspecified atom stereocenters. The maximum atomic E-state index is 13.3. The number of benzene rings is 1. The van der Waals surface area contributed by atoms with E-state index in [0.29, 0.717) is 5.69 Å². The number of hydrogen-bond donors (Lipinski definition) is 2. The van der Waals surface area contributed by atoms with E-state index in [9.17, 15) is 12.8 Å². The highest BCUT2D eigenvalue weighted by Crippen LogP contribution is 2.22. The van der Waals surface area contributed by atoms with Crippen molar-refractivity contribution in [3.63, 3.8) is 0 Å². The van der Waals surface area contributed by atoms with Crippen molar-refractivity contribution in [2.45, 2.75) is 25.3 Å². The highest BCUT2D eigenvalue weighted by molar-refractivity contribution is 7.92. The Bertz CT molecular complexity index is 557. The lowest BCUT2D eigenvalue weighted by atomic mass is 10.1. The Hall–Kier alpha value is -1.34. The third kappa shape index (κ3) is 4.08. The first kappa shape index (κ1) is 15.1. The second-order valence-electron chi connectivity index (χ2n) is 4.88. The summed E-state index contributed by atoms with van der Waals surface area (Å²) in [6.45, 7) is 0.852. The molecule has 2 N–H and O–H groups in total. The Morgan fingerprint density at radius 1 is 1.45 bits per heavy atom. The molecule has 0 aromatic heterocycles. The predicted molar refractivity (Wildman–Crippen MR) is 76.0 cm³/mol. The van der Waals surface area contributed by atoms with Gasteiger partial charge in [0, 0.05) is 12.1 Å². The molecule has 7 heteroatoms. The van der Waals surface area contributed by atoms with Gasteiger partial charge in [-0.15, -0.1) is 0 Å². The number of halogens is 1. The zero-order valence-corrected chi connectivity index (χ0v) is 12.2. The highest BCUT2D eigenvalue weighted by Gasteiger charge is 2.21. The smallest absolute Gasteiger partial charge is 0.234 e. The molecule has 0 bridgehead atoms. The number of rotatable bonds is 5. The average molecular weight is 302 g/mol. The number of nitrogens with one attached hydrogen (secondary N) is 2. The van der Waals surface area contributed by atoms with Crippen LogP contribution in [-0.4, -0.2) is 33.9 Å². The van der Waals surface area contributed by atoms with Gasteiger partial charge in [-0.05, 0) is 31.5 Å². The van der Waals surface area contributed by atoms with Crippen LogP contribution >= 0.6 is 0 Å². The van der Waals surface area contributed by atoms with E-state index in [2.05, 4.69) is 10.0 Å². The SMILES string of the molecule is COc1cc(NS(=O)(=O)CC2CCCCN2)ccc1F. The van der Waals surface area contributed by atoms with E-state index >= 15 is 0 Å². The monoisotopic (exact) mass is 302 g/mol. The van der Waals surface area contributed by atoms with E-state index in [1.165, 1.54) is 25.3 Å². The van der Waals surface area contributed by atoms with Crippen molar-refractivity contribution in [2.75, 3.05) is 24.1 Å². The molecule has 1 aromatic rings. The van der Waals surface area contributed by atoms with Gasteiger partial charge in [-0.2, -0.15) is 0 Å². The first-order valence-electron chi connectivity index (χ1n) is 6.57. The third-order valence-corrected chi connectivity index (χ3v) is 4.65. The largest absolute Gasteiger partial charge is 0.494 e. The predicted octanol–water partition coefficient (Wildman–Crippen LogP) is 1.72. The first-order valence-corrected chi connectivity index (χ1v) is 8.23. The number of methoxy groups -OCH3 is 1. The van der Waals surface area contributed by atoms with Crippen LogP contribution in [0.1, 0.15) is 19.3 Å². The van der Waals surface area contributed by atoms with E-state index < -0.39 is 15.8 Å². The van der Waals surface area contributed by atoms with Crippen LogP contribution in [0.5, 0.6) is 5.75 Å². The normalized spacial score (nSPS) is 19.6. The summed E-state index contributed by atoms with van der Waals surface area (Å²) in [6.07, 6.45) is 2.98. The minimum atomic E-state index is -3.46. The lowest BCUT2D eigenvalue weighted by molar-refractivity contribution is 0.387. The average Bonchev–Trinajstić information content (AvgIpc) is 2.41. The molecule has 0 spiro atoms. The molecule has 112 valence electrons. The van der Waals surface area contributed by atoms with Crippen LogP contribution in [0.4, 0.5) is 10.1 Å². The van der Waals surface area contributed by atoms with Gasteiger partial charge in [0.25, 0.3) is 0 Å². The molecule has 1 atom stereocenters. The first-order chi connectivity index (χ1) is 9.50. The van der Waals surface area contributed by atoms with Crippen molar-refractivity contribution in [1.82, 2.24) is 5.32 Å². The Morgan fingerprint density at radius 2 is 2.25 bits per heavy atom. The van der Waals surface area contributed by atoms with E-state index in [4.69, 9.17) is 4.74 Å². The van der Waals surface area contributed by atoms with Crippen molar-refractivity contribution in [1.29, 1.82) is 0 Å². The number of anilines is 1. The summed E-state index contributed by atoms with van der Waals surface area (Å²) in [6, 6.07) is 3.86. The highest BCUT2D eigenvalue weighted by atomic mass is 32.2. The molecule has 5 nitrogen and oxygen atoms in total. The van der Waals surface area contributed by atoms with E-state index in [0.717, 1.165) is 25.8 Å².